The van der Waals surface area contributed by atoms with Crippen LogP contribution in [0.1, 0.15) is 50.4 Å². The highest BCUT2D eigenvalue weighted by Crippen LogP contribution is 2.28. The summed E-state index contributed by atoms with van der Waals surface area (Å²) in [6, 6.07) is 4.03. The average Bonchev–Trinajstić information content (AvgIpc) is 3.09. The zero-order valence-corrected chi connectivity index (χ0v) is 15.6. The third-order valence-electron chi connectivity index (χ3n) is 5.00. The Morgan fingerprint density at radius 2 is 1.92 bits per heavy atom. The first-order chi connectivity index (χ1) is 12.5. The third-order valence-corrected chi connectivity index (χ3v) is 5.00. The van der Waals surface area contributed by atoms with Gasteiger partial charge in [0.25, 0.3) is 5.91 Å². The Morgan fingerprint density at radius 1 is 1.23 bits per heavy atom. The first kappa shape index (κ1) is 18.6. The number of pyridine rings is 1. The van der Waals surface area contributed by atoms with Gasteiger partial charge in [-0.1, -0.05) is 13.8 Å². The molecule has 6 nitrogen and oxygen atoms in total. The lowest BCUT2D eigenvalue weighted by Gasteiger charge is -2.33. The molecular formula is C20H28N4O2. The lowest BCUT2D eigenvalue weighted by Crippen LogP contribution is -2.44. The van der Waals surface area contributed by atoms with E-state index in [0.29, 0.717) is 31.3 Å². The van der Waals surface area contributed by atoms with Crippen molar-refractivity contribution in [3.05, 3.63) is 48.3 Å². The largest absolute Gasteiger partial charge is 0.383 e. The molecule has 1 amide bonds. The van der Waals surface area contributed by atoms with Crippen LogP contribution in [0, 0.1) is 5.92 Å². The number of likely N-dealkylation sites (tertiary alicyclic amines) is 1. The van der Waals surface area contributed by atoms with Gasteiger partial charge in [-0.25, -0.2) is 4.98 Å². The van der Waals surface area contributed by atoms with Crippen LogP contribution in [-0.4, -0.2) is 49.6 Å². The molecule has 0 spiro atoms. The summed E-state index contributed by atoms with van der Waals surface area (Å²) in [5, 5.41) is 10.1. The van der Waals surface area contributed by atoms with Gasteiger partial charge in [0.05, 0.1) is 0 Å². The number of amides is 1. The maximum atomic E-state index is 12.4. The molecule has 140 valence electrons. The summed E-state index contributed by atoms with van der Waals surface area (Å²) in [5.74, 6) is 1.61. The van der Waals surface area contributed by atoms with Gasteiger partial charge >= 0.3 is 0 Å². The average molecular weight is 356 g/mol. The number of carbonyl (C=O) groups is 1. The number of imidazole rings is 1. The summed E-state index contributed by atoms with van der Waals surface area (Å²) >= 11 is 0. The quantitative estimate of drug-likeness (QED) is 0.863. The number of carbonyl (C=O) groups excluding carboxylic acids is 1. The molecule has 1 aliphatic rings. The molecule has 1 atom stereocenters. The zero-order chi connectivity index (χ0) is 18.5. The Kier molecular flexibility index (Phi) is 6.04. The van der Waals surface area contributed by atoms with Gasteiger partial charge in [-0.3, -0.25) is 9.78 Å². The number of nitrogens with zero attached hydrogens (tertiary/aromatic N) is 4. The van der Waals surface area contributed by atoms with Crippen LogP contribution in [-0.2, 0) is 11.3 Å². The van der Waals surface area contributed by atoms with Crippen LogP contribution >= 0.6 is 0 Å². The van der Waals surface area contributed by atoms with Crippen molar-refractivity contribution in [2.75, 3.05) is 13.1 Å². The Bertz CT molecular complexity index is 706. The van der Waals surface area contributed by atoms with Crippen molar-refractivity contribution in [2.24, 2.45) is 5.92 Å². The Balaban J connectivity index is 1.59. The molecule has 1 N–H and O–H groups in total. The number of aliphatic hydroxyl groups excluding tert-OH is 1. The fourth-order valence-corrected chi connectivity index (χ4v) is 3.62. The van der Waals surface area contributed by atoms with E-state index < -0.39 is 6.10 Å². The number of hydrogen-bond donors (Lipinski definition) is 1. The SMILES string of the molecule is CC(C)C[C@H](O)C(=O)N1CCC(c2nccn2Cc2ccncc2)CC1. The van der Waals surface area contributed by atoms with Gasteiger partial charge in [0.1, 0.15) is 11.9 Å². The molecule has 0 unspecified atom stereocenters. The summed E-state index contributed by atoms with van der Waals surface area (Å²) < 4.78 is 2.19. The minimum absolute atomic E-state index is 0.128. The van der Waals surface area contributed by atoms with Gasteiger partial charge in [-0.2, -0.15) is 0 Å². The monoisotopic (exact) mass is 356 g/mol. The smallest absolute Gasteiger partial charge is 0.251 e. The van der Waals surface area contributed by atoms with Crippen molar-refractivity contribution in [3.63, 3.8) is 0 Å². The van der Waals surface area contributed by atoms with E-state index in [9.17, 15) is 9.90 Å². The van der Waals surface area contributed by atoms with Gasteiger partial charge in [0.15, 0.2) is 0 Å². The van der Waals surface area contributed by atoms with Crippen molar-refractivity contribution in [2.45, 2.75) is 51.7 Å². The van der Waals surface area contributed by atoms with E-state index in [0.717, 1.165) is 25.2 Å². The Morgan fingerprint density at radius 3 is 2.58 bits per heavy atom. The van der Waals surface area contributed by atoms with Crippen LogP contribution in [0.3, 0.4) is 0 Å². The molecule has 0 radical (unpaired) electrons. The normalized spacial score (nSPS) is 16.8. The molecule has 2 aromatic heterocycles. The summed E-state index contributed by atoms with van der Waals surface area (Å²) in [7, 11) is 0. The van der Waals surface area contributed by atoms with Crippen LogP contribution < -0.4 is 0 Å². The van der Waals surface area contributed by atoms with Gasteiger partial charge in [-0.15, -0.1) is 0 Å². The predicted molar refractivity (Wildman–Crippen MR) is 99.6 cm³/mol. The topological polar surface area (TPSA) is 71.2 Å². The molecule has 2 aromatic rings. The van der Waals surface area contributed by atoms with E-state index in [1.165, 1.54) is 5.56 Å². The van der Waals surface area contributed by atoms with E-state index in [1.807, 2.05) is 38.4 Å². The molecule has 6 heteroatoms. The van der Waals surface area contributed by atoms with Crippen molar-refractivity contribution in [1.29, 1.82) is 0 Å². The second-order valence-corrected chi connectivity index (χ2v) is 7.51. The second-order valence-electron chi connectivity index (χ2n) is 7.51. The number of aromatic nitrogens is 3. The van der Waals surface area contributed by atoms with Crippen LogP contribution in [0.2, 0.25) is 0 Å². The van der Waals surface area contributed by atoms with Crippen molar-refractivity contribution in [1.82, 2.24) is 19.4 Å². The number of hydrogen-bond acceptors (Lipinski definition) is 4. The second kappa shape index (κ2) is 8.45. The van der Waals surface area contributed by atoms with Gasteiger partial charge < -0.3 is 14.6 Å². The van der Waals surface area contributed by atoms with E-state index in [2.05, 4.69) is 14.5 Å². The maximum absolute atomic E-state index is 12.4. The standard InChI is InChI=1S/C20H28N4O2/c1-15(2)13-18(25)20(26)23-10-5-17(6-11-23)19-22-9-12-24(19)14-16-3-7-21-8-4-16/h3-4,7-9,12,15,17-18,25H,5-6,10-11,13-14H2,1-2H3/t18-/m0/s1. The van der Waals surface area contributed by atoms with Gasteiger partial charge in [0, 0.05) is 50.3 Å². The van der Waals surface area contributed by atoms with E-state index in [4.69, 9.17) is 0 Å². The molecule has 1 fully saturated rings. The first-order valence-corrected chi connectivity index (χ1v) is 9.41. The molecule has 3 heterocycles. The minimum Gasteiger partial charge on any atom is -0.383 e. The van der Waals surface area contributed by atoms with Crippen molar-refractivity contribution < 1.29 is 9.90 Å². The fourth-order valence-electron chi connectivity index (χ4n) is 3.62. The van der Waals surface area contributed by atoms with Crippen molar-refractivity contribution in [3.8, 4) is 0 Å². The highest BCUT2D eigenvalue weighted by Gasteiger charge is 2.29. The van der Waals surface area contributed by atoms with Gasteiger partial charge in [0.2, 0.25) is 0 Å². The van der Waals surface area contributed by atoms with E-state index in [1.54, 1.807) is 17.3 Å². The third kappa shape index (κ3) is 4.49. The summed E-state index contributed by atoms with van der Waals surface area (Å²) in [5.41, 5.74) is 1.20. The molecular weight excluding hydrogens is 328 g/mol. The molecule has 1 aliphatic heterocycles. The highest BCUT2D eigenvalue weighted by molar-refractivity contribution is 5.80. The molecule has 0 saturated carbocycles. The summed E-state index contributed by atoms with van der Waals surface area (Å²) in [4.78, 5) is 22.8. The molecule has 3 rings (SSSR count). The lowest BCUT2D eigenvalue weighted by atomic mass is 9.95. The Labute approximate surface area is 154 Å². The van der Waals surface area contributed by atoms with Gasteiger partial charge in [-0.05, 0) is 42.9 Å². The van der Waals surface area contributed by atoms with E-state index in [-0.39, 0.29) is 5.91 Å². The highest BCUT2D eigenvalue weighted by atomic mass is 16.3. The maximum Gasteiger partial charge on any atom is 0.251 e. The van der Waals surface area contributed by atoms with Crippen LogP contribution in [0.4, 0.5) is 0 Å². The first-order valence-electron chi connectivity index (χ1n) is 9.41. The molecule has 26 heavy (non-hydrogen) atoms. The number of aliphatic hydroxyl groups is 1. The summed E-state index contributed by atoms with van der Waals surface area (Å²) in [6.45, 7) is 6.18. The Hall–Kier alpha value is -2.21. The number of rotatable bonds is 6. The minimum atomic E-state index is -0.875. The molecule has 0 aromatic carbocycles. The van der Waals surface area contributed by atoms with Crippen LogP contribution in [0.25, 0.3) is 0 Å². The molecule has 0 bridgehead atoms. The van der Waals surface area contributed by atoms with Crippen LogP contribution in [0.15, 0.2) is 36.9 Å². The predicted octanol–water partition coefficient (Wildman–Crippen LogP) is 2.44. The zero-order valence-electron chi connectivity index (χ0n) is 15.6. The fraction of sp³-hybridized carbons (Fsp3) is 0.550. The van der Waals surface area contributed by atoms with Crippen molar-refractivity contribution >= 4 is 5.91 Å². The van der Waals surface area contributed by atoms with Crippen LogP contribution in [0.5, 0.6) is 0 Å². The lowest BCUT2D eigenvalue weighted by molar-refractivity contribution is -0.142. The van der Waals surface area contributed by atoms with E-state index >= 15 is 0 Å². The molecule has 1 saturated heterocycles. The number of piperidine rings is 1. The summed E-state index contributed by atoms with van der Waals surface area (Å²) in [6.07, 6.45) is 8.88. The molecule has 0 aliphatic carbocycles.